The van der Waals surface area contributed by atoms with Gasteiger partial charge in [0.1, 0.15) is 18.1 Å². The van der Waals surface area contributed by atoms with Gasteiger partial charge in [-0.3, -0.25) is 9.69 Å². The molecule has 0 radical (unpaired) electrons. The van der Waals surface area contributed by atoms with E-state index in [0.717, 1.165) is 18.7 Å². The van der Waals surface area contributed by atoms with E-state index in [-0.39, 0.29) is 24.3 Å². The standard InChI is InChI=1S/C19H22N2O5/c1-13-18(22)20(2)9-10-21(13)11-14-3-5-15(6-4-14)25-12-16-7-8-17(26-16)19(23)24/h3-8,13H,9-12H2,1-2H3,(H,23,24)/t13-/m0/s1. The highest BCUT2D eigenvalue weighted by Gasteiger charge is 2.28. The Morgan fingerprint density at radius 1 is 1.23 bits per heavy atom. The second-order valence-corrected chi connectivity index (χ2v) is 6.41. The van der Waals surface area contributed by atoms with Crippen LogP contribution in [0.4, 0.5) is 0 Å². The van der Waals surface area contributed by atoms with Gasteiger partial charge < -0.3 is 19.2 Å². The maximum Gasteiger partial charge on any atom is 0.371 e. The number of amides is 1. The molecule has 1 amide bonds. The van der Waals surface area contributed by atoms with Gasteiger partial charge in [-0.05, 0) is 36.8 Å². The summed E-state index contributed by atoms with van der Waals surface area (Å²) in [6, 6.07) is 10.5. The third kappa shape index (κ3) is 4.05. The lowest BCUT2D eigenvalue weighted by molar-refractivity contribution is -0.139. The van der Waals surface area contributed by atoms with E-state index in [1.165, 1.54) is 6.07 Å². The molecule has 1 aromatic heterocycles. The predicted molar refractivity (Wildman–Crippen MR) is 94.0 cm³/mol. The highest BCUT2D eigenvalue weighted by molar-refractivity contribution is 5.84. The van der Waals surface area contributed by atoms with E-state index in [9.17, 15) is 9.59 Å². The first-order chi connectivity index (χ1) is 12.4. The molecule has 1 aromatic carbocycles. The van der Waals surface area contributed by atoms with Crippen molar-refractivity contribution < 1.29 is 23.8 Å². The maximum absolute atomic E-state index is 12.1. The van der Waals surface area contributed by atoms with E-state index in [0.29, 0.717) is 18.1 Å². The zero-order chi connectivity index (χ0) is 18.7. The molecule has 1 N–H and O–H groups in total. The molecule has 2 aromatic rings. The van der Waals surface area contributed by atoms with E-state index in [2.05, 4.69) is 4.90 Å². The lowest BCUT2D eigenvalue weighted by Crippen LogP contribution is -2.53. The first kappa shape index (κ1) is 18.0. The van der Waals surface area contributed by atoms with Crippen molar-refractivity contribution in [3.8, 4) is 5.75 Å². The number of hydrogen-bond acceptors (Lipinski definition) is 5. The smallest absolute Gasteiger partial charge is 0.371 e. The van der Waals surface area contributed by atoms with Crippen LogP contribution in [0.2, 0.25) is 0 Å². The van der Waals surface area contributed by atoms with Crippen molar-refractivity contribution in [2.45, 2.75) is 26.1 Å². The monoisotopic (exact) mass is 358 g/mol. The molecule has 1 fully saturated rings. The fourth-order valence-electron chi connectivity index (χ4n) is 2.92. The van der Waals surface area contributed by atoms with Crippen LogP contribution in [0, 0.1) is 0 Å². The molecule has 0 unspecified atom stereocenters. The van der Waals surface area contributed by atoms with Crippen LogP contribution in [-0.2, 0) is 17.9 Å². The lowest BCUT2D eigenvalue weighted by Gasteiger charge is -2.37. The Labute approximate surface area is 151 Å². The Morgan fingerprint density at radius 2 is 1.96 bits per heavy atom. The predicted octanol–water partition coefficient (Wildman–Crippen LogP) is 2.22. The summed E-state index contributed by atoms with van der Waals surface area (Å²) in [7, 11) is 1.83. The molecule has 0 saturated carbocycles. The molecule has 0 bridgehead atoms. The number of carboxylic acids is 1. The SMILES string of the molecule is C[C@H]1C(=O)N(C)CCN1Cc1ccc(OCc2ccc(C(=O)O)o2)cc1. The van der Waals surface area contributed by atoms with Crippen LogP contribution < -0.4 is 4.74 Å². The third-order valence-corrected chi connectivity index (χ3v) is 4.57. The van der Waals surface area contributed by atoms with E-state index in [1.807, 2.05) is 38.2 Å². The second-order valence-electron chi connectivity index (χ2n) is 6.41. The first-order valence-electron chi connectivity index (χ1n) is 8.47. The van der Waals surface area contributed by atoms with Gasteiger partial charge in [0.2, 0.25) is 11.7 Å². The summed E-state index contributed by atoms with van der Waals surface area (Å²) >= 11 is 0. The number of rotatable bonds is 6. The first-order valence-corrected chi connectivity index (χ1v) is 8.47. The number of benzene rings is 1. The molecule has 138 valence electrons. The van der Waals surface area contributed by atoms with Crippen LogP contribution in [0.3, 0.4) is 0 Å². The average molecular weight is 358 g/mol. The minimum atomic E-state index is -1.10. The Morgan fingerprint density at radius 3 is 2.62 bits per heavy atom. The van der Waals surface area contributed by atoms with Crippen LogP contribution in [0.1, 0.15) is 28.8 Å². The van der Waals surface area contributed by atoms with Crippen LogP contribution in [0.5, 0.6) is 5.75 Å². The lowest BCUT2D eigenvalue weighted by atomic mass is 10.1. The molecule has 1 aliphatic heterocycles. The van der Waals surface area contributed by atoms with Crippen LogP contribution >= 0.6 is 0 Å². The van der Waals surface area contributed by atoms with Gasteiger partial charge in [-0.25, -0.2) is 4.79 Å². The number of aromatic carboxylic acids is 1. The van der Waals surface area contributed by atoms with Crippen molar-refractivity contribution in [2.24, 2.45) is 0 Å². The van der Waals surface area contributed by atoms with Gasteiger partial charge in [0.25, 0.3) is 0 Å². The van der Waals surface area contributed by atoms with Gasteiger partial charge in [0.05, 0.1) is 6.04 Å². The molecule has 0 aliphatic carbocycles. The van der Waals surface area contributed by atoms with E-state index in [4.69, 9.17) is 14.3 Å². The summed E-state index contributed by atoms with van der Waals surface area (Å²) in [4.78, 5) is 26.8. The number of nitrogens with zero attached hydrogens (tertiary/aromatic N) is 2. The van der Waals surface area contributed by atoms with Gasteiger partial charge in [-0.15, -0.1) is 0 Å². The summed E-state index contributed by atoms with van der Waals surface area (Å²) in [5, 5.41) is 8.84. The van der Waals surface area contributed by atoms with Crippen molar-refractivity contribution in [1.82, 2.24) is 9.80 Å². The molecule has 3 rings (SSSR count). The summed E-state index contributed by atoms with van der Waals surface area (Å²) in [5.41, 5.74) is 1.10. The number of piperazine rings is 1. The number of carbonyl (C=O) groups excluding carboxylic acids is 1. The molecule has 7 heteroatoms. The number of ether oxygens (including phenoxy) is 1. The minimum absolute atomic E-state index is 0.102. The number of hydrogen-bond donors (Lipinski definition) is 1. The van der Waals surface area contributed by atoms with Gasteiger partial charge in [0, 0.05) is 26.7 Å². The zero-order valence-electron chi connectivity index (χ0n) is 14.8. The molecule has 1 aliphatic rings. The molecular formula is C19H22N2O5. The minimum Gasteiger partial charge on any atom is -0.486 e. The fourth-order valence-corrected chi connectivity index (χ4v) is 2.92. The van der Waals surface area contributed by atoms with Crippen molar-refractivity contribution in [1.29, 1.82) is 0 Å². The molecule has 7 nitrogen and oxygen atoms in total. The van der Waals surface area contributed by atoms with E-state index in [1.54, 1.807) is 11.0 Å². The Balaban J connectivity index is 1.54. The third-order valence-electron chi connectivity index (χ3n) is 4.57. The summed E-state index contributed by atoms with van der Waals surface area (Å²) < 4.78 is 10.8. The number of furan rings is 1. The highest BCUT2D eigenvalue weighted by Crippen LogP contribution is 2.19. The molecular weight excluding hydrogens is 336 g/mol. The number of likely N-dealkylation sites (N-methyl/N-ethyl adjacent to an activating group) is 1. The van der Waals surface area contributed by atoms with Crippen molar-refractivity contribution in [3.05, 3.63) is 53.5 Å². The fraction of sp³-hybridized carbons (Fsp3) is 0.368. The second kappa shape index (κ2) is 7.61. The van der Waals surface area contributed by atoms with Crippen LogP contribution in [0.25, 0.3) is 0 Å². The quantitative estimate of drug-likeness (QED) is 0.852. The summed E-state index contributed by atoms with van der Waals surface area (Å²) in [6.45, 7) is 4.40. The summed E-state index contributed by atoms with van der Waals surface area (Å²) in [6.07, 6.45) is 0. The maximum atomic E-state index is 12.1. The average Bonchev–Trinajstić information content (AvgIpc) is 3.11. The van der Waals surface area contributed by atoms with Gasteiger partial charge in [0.15, 0.2) is 0 Å². The molecule has 26 heavy (non-hydrogen) atoms. The number of carbonyl (C=O) groups is 2. The topological polar surface area (TPSA) is 83.2 Å². The molecule has 1 atom stereocenters. The van der Waals surface area contributed by atoms with Crippen LogP contribution in [-0.4, -0.2) is 53.0 Å². The van der Waals surface area contributed by atoms with Gasteiger partial charge >= 0.3 is 5.97 Å². The normalized spacial score (nSPS) is 18.2. The summed E-state index contributed by atoms with van der Waals surface area (Å²) in [5.74, 6) is 0.0724. The molecule has 1 saturated heterocycles. The van der Waals surface area contributed by atoms with Crippen LogP contribution in [0.15, 0.2) is 40.8 Å². The van der Waals surface area contributed by atoms with Crippen molar-refractivity contribution in [2.75, 3.05) is 20.1 Å². The van der Waals surface area contributed by atoms with E-state index < -0.39 is 5.97 Å². The Kier molecular flexibility index (Phi) is 5.27. The number of carboxylic acid groups (broad SMARTS) is 1. The molecule has 0 spiro atoms. The highest BCUT2D eigenvalue weighted by atomic mass is 16.5. The van der Waals surface area contributed by atoms with Crippen molar-refractivity contribution in [3.63, 3.8) is 0 Å². The Bertz CT molecular complexity index is 783. The van der Waals surface area contributed by atoms with Gasteiger partial charge in [-0.2, -0.15) is 0 Å². The molecule has 2 heterocycles. The van der Waals surface area contributed by atoms with Gasteiger partial charge in [-0.1, -0.05) is 12.1 Å². The zero-order valence-corrected chi connectivity index (χ0v) is 14.8. The van der Waals surface area contributed by atoms with Crippen molar-refractivity contribution >= 4 is 11.9 Å². The Hall–Kier alpha value is -2.80. The van der Waals surface area contributed by atoms with E-state index >= 15 is 0 Å². The largest absolute Gasteiger partial charge is 0.486 e.